The van der Waals surface area contributed by atoms with E-state index in [0.717, 1.165) is 5.56 Å². The molecule has 0 aliphatic rings. The molecule has 0 heterocycles. The van der Waals surface area contributed by atoms with Crippen molar-refractivity contribution in [1.82, 2.24) is 0 Å². The molecule has 0 spiro atoms. The highest BCUT2D eigenvalue weighted by molar-refractivity contribution is 6.32. The van der Waals surface area contributed by atoms with Gasteiger partial charge in [-0.15, -0.1) is 0 Å². The van der Waals surface area contributed by atoms with Crippen LogP contribution in [-0.2, 0) is 6.42 Å². The third-order valence-electron chi connectivity index (χ3n) is 2.23. The minimum atomic E-state index is 0.0864. The van der Waals surface area contributed by atoms with E-state index in [2.05, 4.69) is 0 Å². The van der Waals surface area contributed by atoms with Gasteiger partial charge in [0.1, 0.15) is 11.5 Å². The number of aliphatic hydroxyl groups is 1. The van der Waals surface area contributed by atoms with Gasteiger partial charge in [0.25, 0.3) is 0 Å². The zero-order valence-corrected chi connectivity index (χ0v) is 9.58. The summed E-state index contributed by atoms with van der Waals surface area (Å²) >= 11 is 5.93. The van der Waals surface area contributed by atoms with Crippen LogP contribution >= 0.6 is 11.6 Å². The predicted molar refractivity (Wildman–Crippen MR) is 59.6 cm³/mol. The zero-order valence-electron chi connectivity index (χ0n) is 8.83. The standard InChI is InChI=1S/C11H15ClO3/c1-7(6-13)3-8-4-9(12)11(15-2)5-10(8)14/h4-5,7,13-14H,3,6H2,1-2H3. The van der Waals surface area contributed by atoms with Gasteiger partial charge in [0, 0.05) is 12.7 Å². The topological polar surface area (TPSA) is 49.7 Å². The molecule has 0 radical (unpaired) electrons. The Labute approximate surface area is 94.3 Å². The Bertz CT molecular complexity index is 339. The largest absolute Gasteiger partial charge is 0.508 e. The molecule has 0 bridgehead atoms. The van der Waals surface area contributed by atoms with Gasteiger partial charge in [-0.05, 0) is 24.0 Å². The Morgan fingerprint density at radius 1 is 1.47 bits per heavy atom. The average molecular weight is 231 g/mol. The molecule has 1 aromatic rings. The molecule has 0 aliphatic heterocycles. The molecule has 1 aromatic carbocycles. The Morgan fingerprint density at radius 2 is 2.13 bits per heavy atom. The number of aliphatic hydroxyl groups excluding tert-OH is 1. The highest BCUT2D eigenvalue weighted by Gasteiger charge is 2.11. The lowest BCUT2D eigenvalue weighted by Crippen LogP contribution is -2.04. The maximum absolute atomic E-state index is 9.67. The van der Waals surface area contributed by atoms with Gasteiger partial charge in [-0.3, -0.25) is 0 Å². The van der Waals surface area contributed by atoms with Crippen molar-refractivity contribution in [3.8, 4) is 11.5 Å². The first-order chi connectivity index (χ1) is 7.08. The monoisotopic (exact) mass is 230 g/mol. The maximum atomic E-state index is 9.67. The molecule has 0 fully saturated rings. The Kier molecular flexibility index (Phi) is 4.24. The van der Waals surface area contributed by atoms with Crippen molar-refractivity contribution in [2.75, 3.05) is 13.7 Å². The second kappa shape index (κ2) is 5.24. The van der Waals surface area contributed by atoms with E-state index in [1.807, 2.05) is 6.92 Å². The Hall–Kier alpha value is -0.930. The van der Waals surface area contributed by atoms with Crippen LogP contribution < -0.4 is 4.74 Å². The average Bonchev–Trinajstić information content (AvgIpc) is 2.22. The third kappa shape index (κ3) is 3.01. The SMILES string of the molecule is COc1cc(O)c(CC(C)CO)cc1Cl. The highest BCUT2D eigenvalue weighted by atomic mass is 35.5. The molecule has 2 N–H and O–H groups in total. The van der Waals surface area contributed by atoms with Gasteiger partial charge < -0.3 is 14.9 Å². The fraction of sp³-hybridized carbons (Fsp3) is 0.455. The summed E-state index contributed by atoms with van der Waals surface area (Å²) in [7, 11) is 1.50. The Morgan fingerprint density at radius 3 is 2.67 bits per heavy atom. The van der Waals surface area contributed by atoms with Gasteiger partial charge >= 0.3 is 0 Å². The summed E-state index contributed by atoms with van der Waals surface area (Å²) in [6.45, 7) is 1.99. The molecular weight excluding hydrogens is 216 g/mol. The third-order valence-corrected chi connectivity index (χ3v) is 2.53. The molecule has 4 heteroatoms. The normalized spacial score (nSPS) is 12.5. The summed E-state index contributed by atoms with van der Waals surface area (Å²) in [6.07, 6.45) is 0.589. The number of rotatable bonds is 4. The van der Waals surface area contributed by atoms with Crippen LogP contribution in [0.15, 0.2) is 12.1 Å². The van der Waals surface area contributed by atoms with Crippen LogP contribution in [0, 0.1) is 5.92 Å². The van der Waals surface area contributed by atoms with Crippen LogP contribution in [-0.4, -0.2) is 23.9 Å². The molecule has 0 aliphatic carbocycles. The number of ether oxygens (including phenoxy) is 1. The van der Waals surface area contributed by atoms with Crippen molar-refractivity contribution in [3.63, 3.8) is 0 Å². The maximum Gasteiger partial charge on any atom is 0.141 e. The fourth-order valence-corrected chi connectivity index (χ4v) is 1.61. The Balaban J connectivity index is 2.95. The molecule has 1 rings (SSSR count). The van der Waals surface area contributed by atoms with Crippen LogP contribution in [0.4, 0.5) is 0 Å². The second-order valence-corrected chi connectivity index (χ2v) is 4.01. The molecule has 0 saturated carbocycles. The number of halogens is 1. The number of hydrogen-bond donors (Lipinski definition) is 2. The smallest absolute Gasteiger partial charge is 0.141 e. The lowest BCUT2D eigenvalue weighted by atomic mass is 10.0. The number of hydrogen-bond acceptors (Lipinski definition) is 3. The van der Waals surface area contributed by atoms with E-state index in [9.17, 15) is 5.11 Å². The van der Waals surface area contributed by atoms with Gasteiger partial charge in [0.05, 0.1) is 12.1 Å². The molecule has 0 saturated heterocycles. The van der Waals surface area contributed by atoms with Gasteiger partial charge in [-0.2, -0.15) is 0 Å². The first kappa shape index (κ1) is 12.1. The number of phenolic OH excluding ortho intramolecular Hbond substituents is 1. The van der Waals surface area contributed by atoms with E-state index in [0.29, 0.717) is 17.2 Å². The molecule has 84 valence electrons. The van der Waals surface area contributed by atoms with Gasteiger partial charge in [0.2, 0.25) is 0 Å². The van der Waals surface area contributed by atoms with Crippen molar-refractivity contribution in [2.24, 2.45) is 5.92 Å². The van der Waals surface area contributed by atoms with Crippen molar-refractivity contribution in [1.29, 1.82) is 0 Å². The van der Waals surface area contributed by atoms with Gasteiger partial charge in [0.15, 0.2) is 0 Å². The zero-order chi connectivity index (χ0) is 11.4. The fourth-order valence-electron chi connectivity index (χ4n) is 1.34. The van der Waals surface area contributed by atoms with E-state index in [-0.39, 0.29) is 18.3 Å². The van der Waals surface area contributed by atoms with Crippen LogP contribution in [0.25, 0.3) is 0 Å². The van der Waals surface area contributed by atoms with E-state index < -0.39 is 0 Å². The van der Waals surface area contributed by atoms with E-state index in [1.54, 1.807) is 6.07 Å². The summed E-state index contributed by atoms with van der Waals surface area (Å²) in [6, 6.07) is 3.16. The first-order valence-corrected chi connectivity index (χ1v) is 5.12. The van der Waals surface area contributed by atoms with Gasteiger partial charge in [-0.1, -0.05) is 18.5 Å². The summed E-state index contributed by atoms with van der Waals surface area (Å²) < 4.78 is 4.97. The van der Waals surface area contributed by atoms with E-state index in [4.69, 9.17) is 21.4 Å². The van der Waals surface area contributed by atoms with Crippen molar-refractivity contribution < 1.29 is 14.9 Å². The minimum Gasteiger partial charge on any atom is -0.508 e. The van der Waals surface area contributed by atoms with Crippen molar-refractivity contribution in [3.05, 3.63) is 22.7 Å². The molecule has 1 atom stereocenters. The highest BCUT2D eigenvalue weighted by Crippen LogP contribution is 2.32. The van der Waals surface area contributed by atoms with Crippen LogP contribution in [0.5, 0.6) is 11.5 Å². The lowest BCUT2D eigenvalue weighted by Gasteiger charge is -2.11. The van der Waals surface area contributed by atoms with Gasteiger partial charge in [-0.25, -0.2) is 0 Å². The van der Waals surface area contributed by atoms with Crippen LogP contribution in [0.2, 0.25) is 5.02 Å². The molecule has 0 aromatic heterocycles. The van der Waals surface area contributed by atoms with Crippen molar-refractivity contribution >= 4 is 11.6 Å². The van der Waals surface area contributed by atoms with Crippen molar-refractivity contribution in [2.45, 2.75) is 13.3 Å². The number of methoxy groups -OCH3 is 1. The number of aromatic hydroxyl groups is 1. The molecule has 3 nitrogen and oxygen atoms in total. The number of phenols is 1. The summed E-state index contributed by atoms with van der Waals surface area (Å²) in [5, 5.41) is 19.1. The van der Waals surface area contributed by atoms with Crippen LogP contribution in [0.1, 0.15) is 12.5 Å². The van der Waals surface area contributed by atoms with E-state index >= 15 is 0 Å². The summed E-state index contributed by atoms with van der Waals surface area (Å²) in [5.41, 5.74) is 0.724. The molecule has 0 amide bonds. The molecular formula is C11H15ClO3. The summed E-state index contributed by atoms with van der Waals surface area (Å²) in [4.78, 5) is 0. The molecule has 1 unspecified atom stereocenters. The summed E-state index contributed by atoms with van der Waals surface area (Å²) in [5.74, 6) is 0.700. The quantitative estimate of drug-likeness (QED) is 0.834. The minimum absolute atomic E-state index is 0.0864. The van der Waals surface area contributed by atoms with Crippen LogP contribution in [0.3, 0.4) is 0 Å². The predicted octanol–water partition coefficient (Wildman–Crippen LogP) is 2.23. The molecule has 15 heavy (non-hydrogen) atoms. The van der Waals surface area contributed by atoms with E-state index in [1.165, 1.54) is 13.2 Å². The first-order valence-electron chi connectivity index (χ1n) is 4.74. The second-order valence-electron chi connectivity index (χ2n) is 3.61. The lowest BCUT2D eigenvalue weighted by molar-refractivity contribution is 0.236. The number of benzene rings is 1.